The van der Waals surface area contributed by atoms with Gasteiger partial charge in [-0.2, -0.15) is 0 Å². The number of hydrogen-bond acceptors (Lipinski definition) is 3. The number of hydrogen-bond donors (Lipinski definition) is 0. The van der Waals surface area contributed by atoms with Crippen LogP contribution in [0.3, 0.4) is 0 Å². The summed E-state index contributed by atoms with van der Waals surface area (Å²) >= 11 is 3.55. The summed E-state index contributed by atoms with van der Waals surface area (Å²) in [6.07, 6.45) is 8.02. The first-order chi connectivity index (χ1) is 10.1. The third-order valence-electron chi connectivity index (χ3n) is 4.71. The molecule has 0 amide bonds. The highest BCUT2D eigenvalue weighted by Crippen LogP contribution is 2.30. The molecule has 1 aromatic heterocycles. The summed E-state index contributed by atoms with van der Waals surface area (Å²) in [5.74, 6) is 0.762. The Balaban J connectivity index is 1.75. The van der Waals surface area contributed by atoms with Gasteiger partial charge in [-0.25, -0.2) is 9.97 Å². The molecule has 3 rings (SSSR count). The Labute approximate surface area is 134 Å². The molecule has 1 saturated carbocycles. The average molecular weight is 348 g/mol. The molecule has 21 heavy (non-hydrogen) atoms. The van der Waals surface area contributed by atoms with Gasteiger partial charge >= 0.3 is 0 Å². The molecule has 0 radical (unpaired) electrons. The van der Waals surface area contributed by atoms with E-state index in [1.165, 1.54) is 36.8 Å². The Morgan fingerprint density at radius 2 is 1.90 bits per heavy atom. The molecule has 0 N–H and O–H groups in total. The molecular formula is C17H22BrN3. The lowest BCUT2D eigenvalue weighted by molar-refractivity contribution is 0.193. The van der Waals surface area contributed by atoms with Gasteiger partial charge in [-0.05, 0) is 70.3 Å². The van der Waals surface area contributed by atoms with Crippen molar-refractivity contribution in [3.8, 4) is 0 Å². The van der Waals surface area contributed by atoms with Crippen molar-refractivity contribution in [2.45, 2.75) is 38.1 Å². The van der Waals surface area contributed by atoms with Crippen LogP contribution in [0.5, 0.6) is 0 Å². The smallest absolute Gasteiger partial charge is 0.116 e. The third-order valence-corrected chi connectivity index (χ3v) is 5.20. The van der Waals surface area contributed by atoms with Crippen LogP contribution < -0.4 is 0 Å². The summed E-state index contributed by atoms with van der Waals surface area (Å²) in [6.45, 7) is 0. The molecule has 0 aliphatic heterocycles. The summed E-state index contributed by atoms with van der Waals surface area (Å²) in [6, 6.07) is 7.02. The van der Waals surface area contributed by atoms with Crippen molar-refractivity contribution in [2.75, 3.05) is 14.1 Å². The molecule has 0 bridgehead atoms. The quantitative estimate of drug-likeness (QED) is 0.838. The number of fused-ring (bicyclic) bond motifs is 1. The summed E-state index contributed by atoms with van der Waals surface area (Å²) in [7, 11) is 4.39. The van der Waals surface area contributed by atoms with Crippen LogP contribution in [-0.4, -0.2) is 35.0 Å². The van der Waals surface area contributed by atoms with E-state index < -0.39 is 0 Å². The van der Waals surface area contributed by atoms with E-state index in [-0.39, 0.29) is 0 Å². The maximum Gasteiger partial charge on any atom is 0.116 e. The van der Waals surface area contributed by atoms with Gasteiger partial charge in [-0.1, -0.05) is 15.9 Å². The van der Waals surface area contributed by atoms with Crippen LogP contribution in [-0.2, 0) is 6.42 Å². The second-order valence-corrected chi connectivity index (χ2v) is 7.24. The lowest BCUT2D eigenvalue weighted by Crippen LogP contribution is -2.32. The van der Waals surface area contributed by atoms with E-state index in [4.69, 9.17) is 0 Å². The van der Waals surface area contributed by atoms with Crippen LogP contribution in [0.15, 0.2) is 29.0 Å². The molecule has 1 aliphatic rings. The first kappa shape index (κ1) is 14.9. The highest BCUT2D eigenvalue weighted by molar-refractivity contribution is 9.10. The number of aromatic nitrogens is 2. The minimum atomic E-state index is 0.762. The van der Waals surface area contributed by atoms with Crippen molar-refractivity contribution in [2.24, 2.45) is 5.92 Å². The van der Waals surface area contributed by atoms with Gasteiger partial charge in [0.15, 0.2) is 0 Å². The van der Waals surface area contributed by atoms with Gasteiger partial charge in [0, 0.05) is 15.9 Å². The third kappa shape index (κ3) is 3.43. The minimum Gasteiger partial charge on any atom is -0.306 e. The average Bonchev–Trinajstić information content (AvgIpc) is 2.48. The summed E-state index contributed by atoms with van der Waals surface area (Å²) < 4.78 is 1.10. The molecule has 0 unspecified atom stereocenters. The van der Waals surface area contributed by atoms with E-state index in [2.05, 4.69) is 57.0 Å². The molecule has 0 spiro atoms. The highest BCUT2D eigenvalue weighted by Gasteiger charge is 2.23. The van der Waals surface area contributed by atoms with Crippen molar-refractivity contribution in [3.63, 3.8) is 0 Å². The Bertz CT molecular complexity index is 618. The lowest BCUT2D eigenvalue weighted by Gasteiger charge is -2.32. The SMILES string of the molecule is CN(C)C1CCC(Cc2ncnc3ccc(Br)cc23)CC1. The first-order valence-corrected chi connectivity index (χ1v) is 8.48. The summed E-state index contributed by atoms with van der Waals surface area (Å²) in [4.78, 5) is 11.3. The van der Waals surface area contributed by atoms with E-state index in [9.17, 15) is 0 Å². The van der Waals surface area contributed by atoms with E-state index in [1.54, 1.807) is 6.33 Å². The largest absolute Gasteiger partial charge is 0.306 e. The number of halogens is 1. The topological polar surface area (TPSA) is 29.0 Å². The van der Waals surface area contributed by atoms with Gasteiger partial charge in [-0.15, -0.1) is 0 Å². The molecule has 3 nitrogen and oxygen atoms in total. The Kier molecular flexibility index (Phi) is 4.55. The maximum atomic E-state index is 4.55. The standard InChI is InChI=1S/C17H22BrN3/c1-21(2)14-6-3-12(4-7-14)9-17-15-10-13(18)5-8-16(15)19-11-20-17/h5,8,10-12,14H,3-4,6-7,9H2,1-2H3. The van der Waals surface area contributed by atoms with Crippen molar-refractivity contribution in [3.05, 3.63) is 34.7 Å². The molecule has 0 saturated heterocycles. The van der Waals surface area contributed by atoms with E-state index in [1.807, 2.05) is 6.07 Å². The second kappa shape index (κ2) is 6.41. The fourth-order valence-corrected chi connectivity index (χ4v) is 3.74. The fraction of sp³-hybridized carbons (Fsp3) is 0.529. The normalized spacial score (nSPS) is 22.9. The van der Waals surface area contributed by atoms with Gasteiger partial charge < -0.3 is 4.90 Å². The molecule has 0 atom stereocenters. The zero-order valence-electron chi connectivity index (χ0n) is 12.7. The number of nitrogens with zero attached hydrogens (tertiary/aromatic N) is 3. The monoisotopic (exact) mass is 347 g/mol. The number of rotatable bonds is 3. The zero-order valence-corrected chi connectivity index (χ0v) is 14.3. The van der Waals surface area contributed by atoms with Crippen molar-refractivity contribution < 1.29 is 0 Å². The van der Waals surface area contributed by atoms with Gasteiger partial charge in [0.2, 0.25) is 0 Å². The molecule has 1 aliphatic carbocycles. The lowest BCUT2D eigenvalue weighted by atomic mass is 9.82. The van der Waals surface area contributed by atoms with Crippen LogP contribution >= 0.6 is 15.9 Å². The van der Waals surface area contributed by atoms with Gasteiger partial charge in [0.1, 0.15) is 6.33 Å². The molecule has 2 aromatic rings. The summed E-state index contributed by atoms with van der Waals surface area (Å²) in [5.41, 5.74) is 2.25. The van der Waals surface area contributed by atoms with E-state index in [0.717, 1.165) is 28.4 Å². The molecule has 112 valence electrons. The van der Waals surface area contributed by atoms with Crippen LogP contribution in [0.2, 0.25) is 0 Å². The van der Waals surface area contributed by atoms with Gasteiger partial charge in [-0.3, -0.25) is 0 Å². The number of benzene rings is 1. The molecular weight excluding hydrogens is 326 g/mol. The Morgan fingerprint density at radius 1 is 1.14 bits per heavy atom. The van der Waals surface area contributed by atoms with Crippen LogP contribution in [0.4, 0.5) is 0 Å². The van der Waals surface area contributed by atoms with Crippen molar-refractivity contribution in [1.82, 2.24) is 14.9 Å². The summed E-state index contributed by atoms with van der Waals surface area (Å²) in [5, 5.41) is 1.20. The fourth-order valence-electron chi connectivity index (χ4n) is 3.38. The molecule has 4 heteroatoms. The zero-order chi connectivity index (χ0) is 14.8. The second-order valence-electron chi connectivity index (χ2n) is 6.32. The first-order valence-electron chi connectivity index (χ1n) is 7.69. The minimum absolute atomic E-state index is 0.762. The Hall–Kier alpha value is -1.000. The van der Waals surface area contributed by atoms with Gasteiger partial charge in [0.05, 0.1) is 11.2 Å². The molecule has 1 aromatic carbocycles. The predicted molar refractivity (Wildman–Crippen MR) is 90.4 cm³/mol. The van der Waals surface area contributed by atoms with Crippen LogP contribution in [0.25, 0.3) is 10.9 Å². The maximum absolute atomic E-state index is 4.55. The van der Waals surface area contributed by atoms with Crippen LogP contribution in [0, 0.1) is 5.92 Å². The van der Waals surface area contributed by atoms with Crippen molar-refractivity contribution >= 4 is 26.8 Å². The molecule has 1 heterocycles. The Morgan fingerprint density at radius 3 is 2.62 bits per heavy atom. The van der Waals surface area contributed by atoms with Crippen LogP contribution in [0.1, 0.15) is 31.4 Å². The highest BCUT2D eigenvalue weighted by atomic mass is 79.9. The van der Waals surface area contributed by atoms with Gasteiger partial charge in [0.25, 0.3) is 0 Å². The molecule has 1 fully saturated rings. The van der Waals surface area contributed by atoms with Crippen molar-refractivity contribution in [1.29, 1.82) is 0 Å². The predicted octanol–water partition coefficient (Wildman–Crippen LogP) is 4.06. The van der Waals surface area contributed by atoms with E-state index in [0.29, 0.717) is 0 Å². The van der Waals surface area contributed by atoms with E-state index >= 15 is 0 Å².